The average Bonchev–Trinajstić information content (AvgIpc) is 3.23. The van der Waals surface area contributed by atoms with Crippen LogP contribution in [0.2, 0.25) is 0 Å². The van der Waals surface area contributed by atoms with E-state index in [2.05, 4.69) is 10.3 Å². The van der Waals surface area contributed by atoms with E-state index in [4.69, 9.17) is 4.74 Å². The average molecular weight is 445 g/mol. The van der Waals surface area contributed by atoms with Crippen LogP contribution in [-0.2, 0) is 20.7 Å². The van der Waals surface area contributed by atoms with Crippen LogP contribution in [0.3, 0.4) is 0 Å². The Kier molecular flexibility index (Phi) is 8.54. The maximum Gasteiger partial charge on any atom is 0.254 e. The molecule has 0 unspecified atom stereocenters. The van der Waals surface area contributed by atoms with E-state index in [1.165, 1.54) is 22.7 Å². The minimum absolute atomic E-state index is 0.0714. The molecule has 8 nitrogen and oxygen atoms in total. The minimum Gasteiger partial charge on any atom is -0.383 e. The summed E-state index contributed by atoms with van der Waals surface area (Å²) in [7, 11) is 1.55. The zero-order valence-electron chi connectivity index (χ0n) is 17.7. The normalized spacial score (nSPS) is 13.6. The Hall–Kier alpha value is -2.78. The largest absolute Gasteiger partial charge is 0.383 e. The third-order valence-electron chi connectivity index (χ3n) is 5.05. The van der Waals surface area contributed by atoms with Gasteiger partial charge in [-0.3, -0.25) is 14.4 Å². The number of ether oxygens (including phenoxy) is 1. The van der Waals surface area contributed by atoms with Gasteiger partial charge in [-0.15, -0.1) is 11.3 Å². The molecule has 1 saturated heterocycles. The van der Waals surface area contributed by atoms with Crippen molar-refractivity contribution in [2.24, 2.45) is 0 Å². The molecule has 0 aliphatic carbocycles. The molecule has 1 aromatic heterocycles. The van der Waals surface area contributed by atoms with E-state index in [-0.39, 0.29) is 30.7 Å². The number of hydrogen-bond donors (Lipinski definition) is 1. The predicted octanol–water partition coefficient (Wildman–Crippen LogP) is 2.43. The Balaban J connectivity index is 1.55. The first-order valence-electron chi connectivity index (χ1n) is 10.4. The molecule has 1 N–H and O–H groups in total. The zero-order chi connectivity index (χ0) is 22.1. The van der Waals surface area contributed by atoms with Crippen LogP contribution in [0.4, 0.5) is 5.13 Å². The summed E-state index contributed by atoms with van der Waals surface area (Å²) in [5.74, 6) is -0.509. The van der Waals surface area contributed by atoms with Gasteiger partial charge in [-0.05, 0) is 31.4 Å². The van der Waals surface area contributed by atoms with Crippen molar-refractivity contribution in [1.29, 1.82) is 0 Å². The van der Waals surface area contributed by atoms with Crippen molar-refractivity contribution >= 4 is 34.2 Å². The van der Waals surface area contributed by atoms with Gasteiger partial charge in [0.2, 0.25) is 11.8 Å². The second kappa shape index (κ2) is 11.6. The van der Waals surface area contributed by atoms with E-state index in [1.807, 2.05) is 11.0 Å². The van der Waals surface area contributed by atoms with Crippen LogP contribution in [0.15, 0.2) is 35.7 Å². The molecule has 0 saturated carbocycles. The highest BCUT2D eigenvalue weighted by Gasteiger charge is 2.20. The predicted molar refractivity (Wildman–Crippen MR) is 119 cm³/mol. The van der Waals surface area contributed by atoms with Crippen LogP contribution >= 0.6 is 11.3 Å². The summed E-state index contributed by atoms with van der Waals surface area (Å²) in [4.78, 5) is 45.4. The molecule has 9 heteroatoms. The summed E-state index contributed by atoms with van der Waals surface area (Å²) >= 11 is 1.27. The second-order valence-electron chi connectivity index (χ2n) is 7.40. The van der Waals surface area contributed by atoms with Crippen LogP contribution in [0.25, 0.3) is 0 Å². The maximum absolute atomic E-state index is 12.7. The van der Waals surface area contributed by atoms with E-state index < -0.39 is 0 Å². The lowest BCUT2D eigenvalue weighted by Crippen LogP contribution is -2.40. The lowest BCUT2D eigenvalue weighted by molar-refractivity contribution is -0.131. The van der Waals surface area contributed by atoms with Crippen molar-refractivity contribution in [3.05, 3.63) is 47.0 Å². The first-order valence-corrected chi connectivity index (χ1v) is 11.3. The monoisotopic (exact) mass is 444 g/mol. The third-order valence-corrected chi connectivity index (χ3v) is 5.85. The topological polar surface area (TPSA) is 91.8 Å². The van der Waals surface area contributed by atoms with Gasteiger partial charge in [0.05, 0.1) is 18.7 Å². The van der Waals surface area contributed by atoms with Crippen LogP contribution in [0.1, 0.15) is 35.3 Å². The molecule has 1 aliphatic rings. The fourth-order valence-electron chi connectivity index (χ4n) is 3.40. The summed E-state index contributed by atoms with van der Waals surface area (Å²) in [6.45, 7) is 2.12. The van der Waals surface area contributed by atoms with Gasteiger partial charge in [0.1, 0.15) is 6.54 Å². The molecule has 1 fully saturated rings. The van der Waals surface area contributed by atoms with E-state index in [1.54, 1.807) is 36.8 Å². The molecular weight excluding hydrogens is 416 g/mol. The number of carbonyl (C=O) groups excluding carboxylic acids is 3. The van der Waals surface area contributed by atoms with Crippen molar-refractivity contribution in [3.63, 3.8) is 0 Å². The van der Waals surface area contributed by atoms with Gasteiger partial charge in [-0.25, -0.2) is 4.98 Å². The molecule has 0 atom stereocenters. The number of nitrogens with zero attached hydrogens (tertiary/aromatic N) is 3. The van der Waals surface area contributed by atoms with Crippen molar-refractivity contribution < 1.29 is 19.1 Å². The first kappa shape index (κ1) is 22.9. The van der Waals surface area contributed by atoms with Crippen LogP contribution in [0, 0.1) is 0 Å². The van der Waals surface area contributed by atoms with E-state index in [9.17, 15) is 14.4 Å². The third kappa shape index (κ3) is 6.86. The lowest BCUT2D eigenvalue weighted by Gasteiger charge is -2.26. The molecule has 31 heavy (non-hydrogen) atoms. The summed E-state index contributed by atoms with van der Waals surface area (Å²) in [6.07, 6.45) is 3.50. The molecule has 0 radical (unpaired) electrons. The van der Waals surface area contributed by atoms with Gasteiger partial charge in [-0.1, -0.05) is 18.2 Å². The first-order chi connectivity index (χ1) is 15.1. The number of thiazole rings is 1. The number of hydrogen-bond acceptors (Lipinski definition) is 6. The zero-order valence-corrected chi connectivity index (χ0v) is 18.5. The van der Waals surface area contributed by atoms with E-state index in [0.717, 1.165) is 25.9 Å². The summed E-state index contributed by atoms with van der Waals surface area (Å²) < 4.78 is 5.08. The molecule has 0 spiro atoms. The molecule has 0 bridgehead atoms. The fraction of sp³-hybridized carbons (Fsp3) is 0.455. The van der Waals surface area contributed by atoms with Gasteiger partial charge >= 0.3 is 0 Å². The minimum atomic E-state index is -0.344. The fourth-order valence-corrected chi connectivity index (χ4v) is 4.13. The molecule has 3 amide bonds. The molecule has 2 aromatic rings. The summed E-state index contributed by atoms with van der Waals surface area (Å²) in [6, 6.07) is 8.83. The lowest BCUT2D eigenvalue weighted by atomic mass is 10.1. The van der Waals surface area contributed by atoms with Crippen LogP contribution < -0.4 is 5.32 Å². The van der Waals surface area contributed by atoms with Crippen LogP contribution in [-0.4, -0.2) is 72.4 Å². The molecular formula is C22H28N4O4S. The van der Waals surface area contributed by atoms with Crippen molar-refractivity contribution in [2.45, 2.75) is 25.7 Å². The van der Waals surface area contributed by atoms with Crippen molar-refractivity contribution in [1.82, 2.24) is 14.8 Å². The number of amides is 3. The Morgan fingerprint density at radius 1 is 1.16 bits per heavy atom. The van der Waals surface area contributed by atoms with Gasteiger partial charge in [0, 0.05) is 37.7 Å². The Morgan fingerprint density at radius 3 is 2.61 bits per heavy atom. The number of aromatic nitrogens is 1. The van der Waals surface area contributed by atoms with Gasteiger partial charge in [0.25, 0.3) is 5.91 Å². The molecule has 1 aliphatic heterocycles. The van der Waals surface area contributed by atoms with Crippen molar-refractivity contribution in [3.8, 4) is 0 Å². The second-order valence-corrected chi connectivity index (χ2v) is 8.25. The number of nitrogens with one attached hydrogen (secondary N) is 1. The summed E-state index contributed by atoms with van der Waals surface area (Å²) in [5, 5.41) is 4.95. The number of anilines is 1. The van der Waals surface area contributed by atoms with Gasteiger partial charge in [0.15, 0.2) is 5.13 Å². The van der Waals surface area contributed by atoms with Crippen molar-refractivity contribution in [2.75, 3.05) is 45.2 Å². The number of methoxy groups -OCH3 is 1. The molecule has 1 aromatic carbocycles. The van der Waals surface area contributed by atoms with E-state index in [0.29, 0.717) is 29.5 Å². The Morgan fingerprint density at radius 2 is 1.90 bits per heavy atom. The Bertz CT molecular complexity index is 881. The molecule has 3 rings (SSSR count). The standard InChI is InChI=1S/C22H28N4O4S/c1-30-13-12-26(21(29)17-8-4-2-5-9-17)15-19(27)24-22-23-18(16-31-22)14-20(28)25-10-6-3-7-11-25/h2,4-5,8-9,16H,3,6-7,10-15H2,1H3,(H,23,24,27). The Labute approximate surface area is 186 Å². The highest BCUT2D eigenvalue weighted by molar-refractivity contribution is 7.13. The highest BCUT2D eigenvalue weighted by atomic mass is 32.1. The molecule has 166 valence electrons. The highest BCUT2D eigenvalue weighted by Crippen LogP contribution is 2.18. The van der Waals surface area contributed by atoms with Gasteiger partial charge in [-0.2, -0.15) is 0 Å². The van der Waals surface area contributed by atoms with Crippen LogP contribution in [0.5, 0.6) is 0 Å². The number of piperidine rings is 1. The maximum atomic E-state index is 12.7. The SMILES string of the molecule is COCCN(CC(=O)Nc1nc(CC(=O)N2CCCCC2)cs1)C(=O)c1ccccc1. The number of carbonyl (C=O) groups is 3. The quantitative estimate of drug-likeness (QED) is 0.641. The number of likely N-dealkylation sites (tertiary alicyclic amines) is 1. The van der Waals surface area contributed by atoms with E-state index >= 15 is 0 Å². The molecule has 2 heterocycles. The number of benzene rings is 1. The van der Waals surface area contributed by atoms with Gasteiger partial charge < -0.3 is 19.9 Å². The smallest absolute Gasteiger partial charge is 0.254 e. The number of rotatable bonds is 9. The summed E-state index contributed by atoms with van der Waals surface area (Å²) in [5.41, 5.74) is 1.16.